The summed E-state index contributed by atoms with van der Waals surface area (Å²) in [4.78, 5) is 28.9. The van der Waals surface area contributed by atoms with Gasteiger partial charge in [-0.1, -0.05) is 84.7 Å². The molecule has 3 rings (SSSR count). The Hall–Kier alpha value is -3.14. The smallest absolute Gasteiger partial charge is 0.244 e. The van der Waals surface area contributed by atoms with E-state index in [1.807, 2.05) is 44.2 Å². The second-order valence-corrected chi connectivity index (χ2v) is 12.2. The molecule has 3 aromatic rings. The number of sulfonamides is 1. The molecule has 1 N–H and O–H groups in total. The number of carbonyl (C=O) groups excluding carboxylic acids is 2. The number of nitrogens with one attached hydrogen (secondary N) is 1. The lowest BCUT2D eigenvalue weighted by atomic mass is 10.0. The molecule has 0 aliphatic carbocycles. The van der Waals surface area contributed by atoms with E-state index in [1.165, 1.54) is 41.3 Å². The fourth-order valence-corrected chi connectivity index (χ4v) is 5.39. The lowest BCUT2D eigenvalue weighted by Crippen LogP contribution is -2.54. The highest BCUT2D eigenvalue weighted by Crippen LogP contribution is 2.34. The molecule has 0 bridgehead atoms. The molecule has 0 aromatic heterocycles. The summed E-state index contributed by atoms with van der Waals surface area (Å²) >= 11 is 12.5. The van der Waals surface area contributed by atoms with Crippen LogP contribution in [0.5, 0.6) is 0 Å². The summed E-state index contributed by atoms with van der Waals surface area (Å²) in [6.45, 7) is 2.80. The van der Waals surface area contributed by atoms with Gasteiger partial charge in [-0.15, -0.1) is 0 Å². The Bertz CT molecular complexity index is 1440. The van der Waals surface area contributed by atoms with Crippen molar-refractivity contribution >= 4 is 50.7 Å². The van der Waals surface area contributed by atoms with Crippen molar-refractivity contribution in [1.29, 1.82) is 0 Å². The Morgan fingerprint density at radius 1 is 0.975 bits per heavy atom. The molecular formula is C29H32Cl2FN3O4S. The van der Waals surface area contributed by atoms with Crippen molar-refractivity contribution in [2.45, 2.75) is 45.3 Å². The fourth-order valence-electron chi connectivity index (χ4n) is 4.08. The van der Waals surface area contributed by atoms with Crippen LogP contribution in [-0.2, 0) is 32.6 Å². The number of amides is 2. The van der Waals surface area contributed by atoms with Gasteiger partial charge >= 0.3 is 0 Å². The Kier molecular flexibility index (Phi) is 11.0. The number of hydrogen-bond acceptors (Lipinski definition) is 4. The standard InChI is InChI=1S/C29H32Cl2FN3O4S/c1-4-20(2)33-29(37)26(17-21-11-6-5-7-12-21)34(18-22-13-8-9-15-24(22)32)27(36)19-35(40(3,38)39)25-16-10-14-23(30)28(25)31/h5-16,20,26H,4,17-19H2,1-3H3,(H,33,37)/t20-,26+/m1/s1. The highest BCUT2D eigenvalue weighted by atomic mass is 35.5. The second kappa shape index (κ2) is 14.0. The summed E-state index contributed by atoms with van der Waals surface area (Å²) in [7, 11) is -4.03. The Balaban J connectivity index is 2.10. The van der Waals surface area contributed by atoms with Crippen LogP contribution in [0.2, 0.25) is 10.0 Å². The van der Waals surface area contributed by atoms with Gasteiger partial charge in [-0.3, -0.25) is 13.9 Å². The van der Waals surface area contributed by atoms with Gasteiger partial charge in [0.05, 0.1) is 22.0 Å². The highest BCUT2D eigenvalue weighted by molar-refractivity contribution is 7.92. The quantitative estimate of drug-likeness (QED) is 0.296. The predicted molar refractivity (Wildman–Crippen MR) is 157 cm³/mol. The first-order chi connectivity index (χ1) is 18.9. The molecule has 0 saturated carbocycles. The highest BCUT2D eigenvalue weighted by Gasteiger charge is 2.34. The molecule has 7 nitrogen and oxygen atoms in total. The maximum atomic E-state index is 14.8. The van der Waals surface area contributed by atoms with Gasteiger partial charge in [-0.2, -0.15) is 0 Å². The maximum absolute atomic E-state index is 14.8. The van der Waals surface area contributed by atoms with Gasteiger partial charge in [0.15, 0.2) is 0 Å². The summed E-state index contributed by atoms with van der Waals surface area (Å²) in [6.07, 6.45) is 1.72. The normalized spacial score (nSPS) is 12.8. The van der Waals surface area contributed by atoms with Crippen LogP contribution in [0, 0.1) is 5.82 Å². The number of benzene rings is 3. The molecule has 0 fully saturated rings. The van der Waals surface area contributed by atoms with E-state index >= 15 is 0 Å². The Morgan fingerprint density at radius 3 is 2.25 bits per heavy atom. The summed E-state index contributed by atoms with van der Waals surface area (Å²) in [5, 5.41) is 2.99. The summed E-state index contributed by atoms with van der Waals surface area (Å²) < 4.78 is 41.4. The number of hydrogen-bond donors (Lipinski definition) is 1. The summed E-state index contributed by atoms with van der Waals surface area (Å²) in [5.41, 5.74) is 0.965. The van der Waals surface area contributed by atoms with E-state index in [-0.39, 0.29) is 40.3 Å². The molecule has 0 aliphatic rings. The molecule has 0 spiro atoms. The first-order valence-corrected chi connectivity index (χ1v) is 15.3. The molecule has 214 valence electrons. The van der Waals surface area contributed by atoms with Crippen LogP contribution in [0.1, 0.15) is 31.4 Å². The van der Waals surface area contributed by atoms with E-state index < -0.39 is 40.2 Å². The van der Waals surface area contributed by atoms with Crippen LogP contribution >= 0.6 is 23.2 Å². The third-order valence-electron chi connectivity index (χ3n) is 6.45. The van der Waals surface area contributed by atoms with E-state index in [0.717, 1.165) is 16.1 Å². The molecule has 0 heterocycles. The average Bonchev–Trinajstić information content (AvgIpc) is 2.91. The molecule has 11 heteroatoms. The van der Waals surface area contributed by atoms with Gasteiger partial charge < -0.3 is 10.2 Å². The van der Waals surface area contributed by atoms with Gasteiger partial charge in [-0.05, 0) is 37.1 Å². The monoisotopic (exact) mass is 607 g/mol. The topological polar surface area (TPSA) is 86.8 Å². The third kappa shape index (κ3) is 8.19. The lowest BCUT2D eigenvalue weighted by Gasteiger charge is -2.34. The van der Waals surface area contributed by atoms with Crippen molar-refractivity contribution in [3.63, 3.8) is 0 Å². The van der Waals surface area contributed by atoms with Crippen LogP contribution < -0.4 is 9.62 Å². The second-order valence-electron chi connectivity index (χ2n) is 9.48. The van der Waals surface area contributed by atoms with E-state index in [4.69, 9.17) is 23.2 Å². The first-order valence-electron chi connectivity index (χ1n) is 12.7. The van der Waals surface area contributed by atoms with Crippen LogP contribution in [0.15, 0.2) is 72.8 Å². The van der Waals surface area contributed by atoms with Gasteiger partial charge in [0, 0.05) is 24.6 Å². The summed E-state index contributed by atoms with van der Waals surface area (Å²) in [6, 6.07) is 18.2. The minimum atomic E-state index is -4.03. The van der Waals surface area contributed by atoms with Crippen LogP contribution in [0.4, 0.5) is 10.1 Å². The third-order valence-corrected chi connectivity index (χ3v) is 8.39. The van der Waals surface area contributed by atoms with E-state index in [1.54, 1.807) is 6.07 Å². The van der Waals surface area contributed by atoms with Crippen LogP contribution in [-0.4, -0.2) is 50.0 Å². The SMILES string of the molecule is CC[C@@H](C)NC(=O)[C@H](Cc1ccccc1)N(Cc1ccccc1F)C(=O)CN(c1cccc(Cl)c1Cl)S(C)(=O)=O. The number of rotatable bonds is 12. The van der Waals surface area contributed by atoms with Gasteiger partial charge in [0.2, 0.25) is 21.8 Å². The van der Waals surface area contributed by atoms with E-state index in [9.17, 15) is 22.4 Å². The minimum absolute atomic E-state index is 0.0134. The van der Waals surface area contributed by atoms with Crippen molar-refractivity contribution in [3.8, 4) is 0 Å². The number of carbonyl (C=O) groups is 2. The van der Waals surface area contributed by atoms with E-state index in [0.29, 0.717) is 6.42 Å². The zero-order valence-corrected chi connectivity index (χ0v) is 24.8. The Morgan fingerprint density at radius 2 is 1.62 bits per heavy atom. The molecule has 0 unspecified atom stereocenters. The molecule has 0 saturated heterocycles. The number of nitrogens with zero attached hydrogens (tertiary/aromatic N) is 2. The molecule has 3 aromatic carbocycles. The van der Waals surface area contributed by atoms with Crippen molar-refractivity contribution < 1.29 is 22.4 Å². The first kappa shape index (κ1) is 31.4. The Labute approximate surface area is 244 Å². The van der Waals surface area contributed by atoms with Crippen molar-refractivity contribution in [3.05, 3.63) is 99.8 Å². The van der Waals surface area contributed by atoms with Crippen molar-refractivity contribution in [2.24, 2.45) is 0 Å². The summed E-state index contributed by atoms with van der Waals surface area (Å²) in [5.74, 6) is -1.71. The fraction of sp³-hybridized carbons (Fsp3) is 0.310. The van der Waals surface area contributed by atoms with Crippen LogP contribution in [0.25, 0.3) is 0 Å². The molecule has 0 radical (unpaired) electrons. The molecule has 0 aliphatic heterocycles. The maximum Gasteiger partial charge on any atom is 0.244 e. The predicted octanol–water partition coefficient (Wildman–Crippen LogP) is 5.45. The van der Waals surface area contributed by atoms with Crippen molar-refractivity contribution in [2.75, 3.05) is 17.1 Å². The largest absolute Gasteiger partial charge is 0.352 e. The zero-order chi connectivity index (χ0) is 29.4. The average molecular weight is 609 g/mol. The molecule has 2 amide bonds. The molecule has 40 heavy (non-hydrogen) atoms. The minimum Gasteiger partial charge on any atom is -0.352 e. The van der Waals surface area contributed by atoms with Gasteiger partial charge in [-0.25, -0.2) is 12.8 Å². The number of anilines is 1. The van der Waals surface area contributed by atoms with Gasteiger partial charge in [0.1, 0.15) is 18.4 Å². The lowest BCUT2D eigenvalue weighted by molar-refractivity contribution is -0.140. The molecular weight excluding hydrogens is 576 g/mol. The molecule has 2 atom stereocenters. The zero-order valence-electron chi connectivity index (χ0n) is 22.5. The van der Waals surface area contributed by atoms with Gasteiger partial charge in [0.25, 0.3) is 0 Å². The van der Waals surface area contributed by atoms with Crippen molar-refractivity contribution in [1.82, 2.24) is 10.2 Å². The van der Waals surface area contributed by atoms with E-state index in [2.05, 4.69) is 5.32 Å². The number of halogens is 3. The van der Waals surface area contributed by atoms with Crippen LogP contribution in [0.3, 0.4) is 0 Å².